The molecule has 0 spiro atoms. The van der Waals surface area contributed by atoms with Crippen molar-refractivity contribution < 1.29 is 13.2 Å². The van der Waals surface area contributed by atoms with Crippen LogP contribution in [0.3, 0.4) is 0 Å². The van der Waals surface area contributed by atoms with Gasteiger partial charge in [0.25, 0.3) is 15.9 Å². The lowest BCUT2D eigenvalue weighted by Gasteiger charge is -2.36. The molecular weight excluding hydrogens is 486 g/mol. The minimum absolute atomic E-state index is 0.0535. The summed E-state index contributed by atoms with van der Waals surface area (Å²) in [6.45, 7) is 8.48. The van der Waals surface area contributed by atoms with Gasteiger partial charge in [-0.05, 0) is 55.7 Å². The van der Waals surface area contributed by atoms with Crippen molar-refractivity contribution in [3.05, 3.63) is 75.9 Å². The number of aromatic nitrogens is 2. The van der Waals surface area contributed by atoms with E-state index < -0.39 is 15.9 Å². The molecule has 1 aromatic heterocycles. The van der Waals surface area contributed by atoms with Crippen molar-refractivity contribution in [3.8, 4) is 0 Å². The summed E-state index contributed by atoms with van der Waals surface area (Å²) in [4.78, 5) is 15.2. The summed E-state index contributed by atoms with van der Waals surface area (Å²) in [6.07, 6.45) is 1.50. The molecule has 2 aromatic carbocycles. The second-order valence-corrected chi connectivity index (χ2v) is 10.9. The molecule has 1 amide bonds. The summed E-state index contributed by atoms with van der Waals surface area (Å²) in [5, 5.41) is 7.47. The number of anilines is 1. The first kappa shape index (κ1) is 25.2. The van der Waals surface area contributed by atoms with Crippen LogP contribution in [0.25, 0.3) is 0 Å². The number of carbonyl (C=O) groups is 1. The van der Waals surface area contributed by atoms with Gasteiger partial charge in [0, 0.05) is 56.2 Å². The van der Waals surface area contributed by atoms with E-state index in [0.29, 0.717) is 37.7 Å². The van der Waals surface area contributed by atoms with Crippen molar-refractivity contribution >= 4 is 33.2 Å². The van der Waals surface area contributed by atoms with Crippen molar-refractivity contribution in [2.75, 3.05) is 31.1 Å². The molecule has 1 aliphatic heterocycles. The van der Waals surface area contributed by atoms with Crippen molar-refractivity contribution in [2.24, 2.45) is 0 Å². The van der Waals surface area contributed by atoms with Gasteiger partial charge in [0.1, 0.15) is 0 Å². The maximum atomic E-state index is 13.6. The van der Waals surface area contributed by atoms with Crippen LogP contribution in [-0.4, -0.2) is 54.6 Å². The van der Waals surface area contributed by atoms with Gasteiger partial charge in [0.2, 0.25) is 5.03 Å². The zero-order chi connectivity index (χ0) is 25.2. The molecule has 10 heteroatoms. The molecule has 1 saturated heterocycles. The number of nitrogens with one attached hydrogen (secondary N) is 1. The van der Waals surface area contributed by atoms with E-state index in [1.165, 1.54) is 26.3 Å². The first-order valence-electron chi connectivity index (χ1n) is 11.6. The Hall–Kier alpha value is -2.88. The minimum Gasteiger partial charge on any atom is -0.369 e. The highest BCUT2D eigenvalue weighted by atomic mass is 35.5. The topological polar surface area (TPSA) is 87.5 Å². The monoisotopic (exact) mass is 515 g/mol. The van der Waals surface area contributed by atoms with Crippen LogP contribution in [0.4, 0.5) is 5.69 Å². The number of nitrogens with zero attached hydrogens (tertiary/aromatic N) is 4. The van der Waals surface area contributed by atoms with Gasteiger partial charge in [-0.2, -0.15) is 9.40 Å². The molecule has 186 valence electrons. The molecule has 8 nitrogen and oxygen atoms in total. The van der Waals surface area contributed by atoms with Crippen LogP contribution in [0.5, 0.6) is 0 Å². The smallest absolute Gasteiger partial charge is 0.263 e. The Kier molecular flexibility index (Phi) is 7.49. The highest BCUT2D eigenvalue weighted by molar-refractivity contribution is 7.89. The molecule has 0 bridgehead atoms. The summed E-state index contributed by atoms with van der Waals surface area (Å²) >= 11 is 5.92. The molecule has 0 aliphatic carbocycles. The molecule has 0 atom stereocenters. The van der Waals surface area contributed by atoms with Gasteiger partial charge >= 0.3 is 0 Å². The minimum atomic E-state index is -3.94. The number of carbonyl (C=O) groups excluding carboxylic acids is 1. The molecule has 0 unspecified atom stereocenters. The summed E-state index contributed by atoms with van der Waals surface area (Å²) in [6, 6.07) is 13.3. The van der Waals surface area contributed by atoms with Crippen LogP contribution in [0.15, 0.2) is 53.7 Å². The summed E-state index contributed by atoms with van der Waals surface area (Å²) in [7, 11) is -3.94. The standard InChI is InChI=1S/C25H30ClN5O3S/c1-4-30-17-22(24(32)27-16-20-8-10-21(26)11-9-20)25(28-30)35(33,34)31-14-12-29(13-15-31)23-7-5-6-18(2)19(23)3/h5-11,17H,4,12-16H2,1-3H3,(H,27,32). The molecule has 3 aromatic rings. The average Bonchev–Trinajstić information content (AvgIpc) is 3.31. The first-order valence-corrected chi connectivity index (χ1v) is 13.4. The van der Waals surface area contributed by atoms with Crippen LogP contribution in [0, 0.1) is 13.8 Å². The highest BCUT2D eigenvalue weighted by Crippen LogP contribution is 2.26. The molecule has 2 heterocycles. The average molecular weight is 516 g/mol. The van der Waals surface area contributed by atoms with E-state index in [9.17, 15) is 13.2 Å². The summed E-state index contributed by atoms with van der Waals surface area (Å²) in [5.41, 5.74) is 4.44. The van der Waals surface area contributed by atoms with E-state index in [-0.39, 0.29) is 17.1 Å². The summed E-state index contributed by atoms with van der Waals surface area (Å²) in [5.74, 6) is -0.479. The van der Waals surface area contributed by atoms with E-state index in [0.717, 1.165) is 11.3 Å². The molecule has 35 heavy (non-hydrogen) atoms. The maximum Gasteiger partial charge on any atom is 0.263 e. The van der Waals surface area contributed by atoms with Gasteiger partial charge in [-0.1, -0.05) is 35.9 Å². The van der Waals surface area contributed by atoms with Crippen molar-refractivity contribution in [2.45, 2.75) is 38.9 Å². The Morgan fingerprint density at radius 3 is 2.40 bits per heavy atom. The van der Waals surface area contributed by atoms with Crippen LogP contribution in [-0.2, 0) is 23.1 Å². The third-order valence-corrected chi connectivity index (χ3v) is 8.49. The van der Waals surface area contributed by atoms with Gasteiger partial charge in [0.05, 0.1) is 5.56 Å². The van der Waals surface area contributed by atoms with Gasteiger partial charge in [-0.25, -0.2) is 8.42 Å². The lowest BCUT2D eigenvalue weighted by molar-refractivity contribution is 0.0947. The Morgan fingerprint density at radius 2 is 1.74 bits per heavy atom. The molecular formula is C25H30ClN5O3S. The molecule has 0 saturated carbocycles. The lowest BCUT2D eigenvalue weighted by atomic mass is 10.1. The predicted molar refractivity (Wildman–Crippen MR) is 137 cm³/mol. The Bertz CT molecular complexity index is 1310. The van der Waals surface area contributed by atoms with E-state index in [4.69, 9.17) is 11.6 Å². The number of aryl methyl sites for hydroxylation is 2. The number of amides is 1. The van der Waals surface area contributed by atoms with E-state index in [1.54, 1.807) is 12.1 Å². The maximum absolute atomic E-state index is 13.6. The van der Waals surface area contributed by atoms with Crippen molar-refractivity contribution in [1.29, 1.82) is 0 Å². The zero-order valence-corrected chi connectivity index (χ0v) is 21.7. The quantitative estimate of drug-likeness (QED) is 0.519. The first-order chi connectivity index (χ1) is 16.7. The second kappa shape index (κ2) is 10.4. The number of rotatable bonds is 7. The zero-order valence-electron chi connectivity index (χ0n) is 20.2. The third-order valence-electron chi connectivity index (χ3n) is 6.40. The van der Waals surface area contributed by atoms with E-state index in [2.05, 4.69) is 41.3 Å². The molecule has 1 aliphatic rings. The van der Waals surface area contributed by atoms with Gasteiger partial charge in [-0.3, -0.25) is 9.48 Å². The number of benzene rings is 2. The van der Waals surface area contributed by atoms with Crippen LogP contribution >= 0.6 is 11.6 Å². The number of sulfonamides is 1. The number of hydrogen-bond acceptors (Lipinski definition) is 5. The second-order valence-electron chi connectivity index (χ2n) is 8.62. The van der Waals surface area contributed by atoms with Gasteiger partial charge in [0.15, 0.2) is 0 Å². The van der Waals surface area contributed by atoms with E-state index >= 15 is 0 Å². The van der Waals surface area contributed by atoms with Crippen molar-refractivity contribution in [1.82, 2.24) is 19.4 Å². The fourth-order valence-corrected chi connectivity index (χ4v) is 5.81. The number of halogens is 1. The third kappa shape index (κ3) is 5.37. The summed E-state index contributed by atoms with van der Waals surface area (Å²) < 4.78 is 30.0. The van der Waals surface area contributed by atoms with Gasteiger partial charge in [-0.15, -0.1) is 0 Å². The molecule has 1 N–H and O–H groups in total. The normalized spacial score (nSPS) is 14.8. The number of hydrogen-bond donors (Lipinski definition) is 1. The SMILES string of the molecule is CCn1cc(C(=O)NCc2ccc(Cl)cc2)c(S(=O)(=O)N2CCN(c3cccc(C)c3C)CC2)n1. The predicted octanol–water partition coefficient (Wildman–Crippen LogP) is 3.61. The van der Waals surface area contributed by atoms with Crippen LogP contribution in [0.1, 0.15) is 34.0 Å². The Labute approximate surface area is 211 Å². The Balaban J connectivity index is 1.50. The van der Waals surface area contributed by atoms with Crippen molar-refractivity contribution in [3.63, 3.8) is 0 Å². The molecule has 4 rings (SSSR count). The lowest BCUT2D eigenvalue weighted by Crippen LogP contribution is -2.49. The van der Waals surface area contributed by atoms with Crippen LogP contribution < -0.4 is 10.2 Å². The number of piperazine rings is 1. The van der Waals surface area contributed by atoms with Crippen LogP contribution in [0.2, 0.25) is 5.02 Å². The highest BCUT2D eigenvalue weighted by Gasteiger charge is 2.35. The fraction of sp³-hybridized carbons (Fsp3) is 0.360. The molecule has 0 radical (unpaired) electrons. The van der Waals surface area contributed by atoms with E-state index in [1.807, 2.05) is 25.1 Å². The van der Waals surface area contributed by atoms with Gasteiger partial charge < -0.3 is 10.2 Å². The fourth-order valence-electron chi connectivity index (χ4n) is 4.16. The largest absolute Gasteiger partial charge is 0.369 e. The molecule has 1 fully saturated rings. The Morgan fingerprint density at radius 1 is 1.06 bits per heavy atom.